The Bertz CT molecular complexity index is 314. The fraction of sp³-hybridized carbons (Fsp3) is 0.800. The largest absolute Gasteiger partial charge is 0.448 e. The molecule has 1 saturated heterocycles. The van der Waals surface area contributed by atoms with E-state index in [9.17, 15) is 17.6 Å². The molecule has 0 N–H and O–H groups in total. The van der Waals surface area contributed by atoms with Crippen LogP contribution >= 0.6 is 0 Å². The second kappa shape index (κ2) is 3.70. The fourth-order valence-electron chi connectivity index (χ4n) is 2.04. The van der Waals surface area contributed by atoms with Crippen molar-refractivity contribution in [2.75, 3.05) is 0 Å². The highest BCUT2D eigenvalue weighted by molar-refractivity contribution is 5.08. The Labute approximate surface area is 90.2 Å². The zero-order valence-corrected chi connectivity index (χ0v) is 8.68. The molecule has 16 heavy (non-hydrogen) atoms. The van der Waals surface area contributed by atoms with Gasteiger partial charge in [0.15, 0.2) is 0 Å². The Hall–Kier alpha value is -0.620. The number of fused-ring (bicyclic) bond motifs is 1. The lowest BCUT2D eigenvalue weighted by molar-refractivity contribution is -0.489. The Morgan fingerprint density at radius 2 is 1.69 bits per heavy atom. The lowest BCUT2D eigenvalue weighted by Crippen LogP contribution is -2.58. The van der Waals surface area contributed by atoms with Crippen LogP contribution in [0.25, 0.3) is 0 Å². The second-order valence-electron chi connectivity index (χ2n) is 4.04. The van der Waals surface area contributed by atoms with Crippen LogP contribution in [-0.4, -0.2) is 24.4 Å². The van der Waals surface area contributed by atoms with E-state index >= 15 is 0 Å². The first-order chi connectivity index (χ1) is 7.36. The third-order valence-corrected chi connectivity index (χ3v) is 2.97. The lowest BCUT2D eigenvalue weighted by Gasteiger charge is -2.43. The minimum atomic E-state index is -4.54. The second-order valence-corrected chi connectivity index (χ2v) is 4.04. The fourth-order valence-corrected chi connectivity index (χ4v) is 2.04. The summed E-state index contributed by atoms with van der Waals surface area (Å²) in [6.07, 6.45) is -8.09. The molecule has 0 aromatic heterocycles. The van der Waals surface area contributed by atoms with E-state index in [1.165, 1.54) is 0 Å². The summed E-state index contributed by atoms with van der Waals surface area (Å²) in [5.41, 5.74) is 0.936. The molecular formula is C10H12F4O2. The van der Waals surface area contributed by atoms with Crippen LogP contribution in [-0.2, 0) is 9.47 Å². The highest BCUT2D eigenvalue weighted by atomic mass is 19.3. The van der Waals surface area contributed by atoms with Crippen molar-refractivity contribution in [2.24, 2.45) is 0 Å². The third-order valence-electron chi connectivity index (χ3n) is 2.97. The average molecular weight is 240 g/mol. The topological polar surface area (TPSA) is 18.5 Å². The first-order valence-corrected chi connectivity index (χ1v) is 5.11. The Morgan fingerprint density at radius 1 is 1.12 bits per heavy atom. The van der Waals surface area contributed by atoms with Gasteiger partial charge < -0.3 is 9.47 Å². The molecule has 0 spiro atoms. The van der Waals surface area contributed by atoms with Crippen LogP contribution < -0.4 is 0 Å². The van der Waals surface area contributed by atoms with E-state index in [2.05, 4.69) is 9.47 Å². The van der Waals surface area contributed by atoms with E-state index in [0.29, 0.717) is 6.42 Å². The van der Waals surface area contributed by atoms with Gasteiger partial charge in [-0.1, -0.05) is 11.6 Å². The number of alkyl halides is 4. The summed E-state index contributed by atoms with van der Waals surface area (Å²) in [5.74, 6) is 0. The van der Waals surface area contributed by atoms with E-state index in [1.807, 2.05) is 0 Å². The van der Waals surface area contributed by atoms with Crippen LogP contribution in [0.2, 0.25) is 0 Å². The molecule has 2 fully saturated rings. The standard InChI is InChI=1S/C10H12F4O2/c1-2-6-3-4-7-8(5-6)16-10(13,14)9(11,12)15-7/h2,7-8H,3-5H2,1H3/b6-2+. The zero-order chi connectivity index (χ0) is 12.0. The minimum absolute atomic E-state index is 0.229. The highest BCUT2D eigenvalue weighted by Gasteiger charge is 2.66. The quantitative estimate of drug-likeness (QED) is 0.478. The molecule has 0 bridgehead atoms. The van der Waals surface area contributed by atoms with Crippen molar-refractivity contribution in [3.05, 3.63) is 11.6 Å². The van der Waals surface area contributed by atoms with Gasteiger partial charge in [0, 0.05) is 0 Å². The number of allylic oxidation sites excluding steroid dienone is 1. The summed E-state index contributed by atoms with van der Waals surface area (Å²) in [7, 11) is 0. The monoisotopic (exact) mass is 240 g/mol. The van der Waals surface area contributed by atoms with Crippen LogP contribution in [0.5, 0.6) is 0 Å². The molecule has 2 nitrogen and oxygen atoms in total. The third kappa shape index (κ3) is 1.84. The van der Waals surface area contributed by atoms with Crippen LogP contribution in [0.15, 0.2) is 11.6 Å². The van der Waals surface area contributed by atoms with Crippen molar-refractivity contribution in [1.82, 2.24) is 0 Å². The molecule has 1 saturated carbocycles. The maximum Gasteiger partial charge on any atom is 0.448 e. The molecule has 0 amide bonds. The van der Waals surface area contributed by atoms with E-state index in [1.54, 1.807) is 13.0 Å². The van der Waals surface area contributed by atoms with Gasteiger partial charge in [0.25, 0.3) is 0 Å². The Balaban J connectivity index is 2.15. The highest BCUT2D eigenvalue weighted by Crippen LogP contribution is 2.46. The lowest BCUT2D eigenvalue weighted by atomic mass is 9.89. The predicted octanol–water partition coefficient (Wildman–Crippen LogP) is 3.09. The van der Waals surface area contributed by atoms with E-state index in [0.717, 1.165) is 5.57 Å². The minimum Gasteiger partial charge on any atom is -0.307 e. The molecule has 1 aliphatic heterocycles. The molecule has 2 aliphatic rings. The maximum absolute atomic E-state index is 12.9. The van der Waals surface area contributed by atoms with Gasteiger partial charge in [-0.2, -0.15) is 17.6 Å². The van der Waals surface area contributed by atoms with Crippen LogP contribution in [0.1, 0.15) is 26.2 Å². The van der Waals surface area contributed by atoms with Gasteiger partial charge >= 0.3 is 12.2 Å². The van der Waals surface area contributed by atoms with Crippen LogP contribution in [0, 0.1) is 0 Å². The Kier molecular flexibility index (Phi) is 2.74. The molecule has 2 unspecified atom stereocenters. The van der Waals surface area contributed by atoms with Crippen molar-refractivity contribution in [3.8, 4) is 0 Å². The summed E-state index contributed by atoms with van der Waals surface area (Å²) < 4.78 is 59.7. The van der Waals surface area contributed by atoms with Gasteiger partial charge in [-0.15, -0.1) is 0 Å². The van der Waals surface area contributed by atoms with Gasteiger partial charge in [0.2, 0.25) is 0 Å². The van der Waals surface area contributed by atoms with E-state index < -0.39 is 24.4 Å². The van der Waals surface area contributed by atoms with E-state index in [-0.39, 0.29) is 12.8 Å². The molecule has 6 heteroatoms. The van der Waals surface area contributed by atoms with Gasteiger partial charge in [-0.05, 0) is 26.2 Å². The smallest absolute Gasteiger partial charge is 0.307 e. The van der Waals surface area contributed by atoms with Crippen molar-refractivity contribution in [3.63, 3.8) is 0 Å². The molecule has 1 aliphatic carbocycles. The zero-order valence-electron chi connectivity index (χ0n) is 8.68. The molecule has 2 rings (SSSR count). The van der Waals surface area contributed by atoms with Crippen molar-refractivity contribution < 1.29 is 27.0 Å². The first kappa shape index (κ1) is 11.9. The SMILES string of the molecule is C/C=C1\CCC2OC(F)(F)C(F)(F)OC2C1. The number of hydrogen-bond donors (Lipinski definition) is 0. The predicted molar refractivity (Wildman–Crippen MR) is 47.2 cm³/mol. The van der Waals surface area contributed by atoms with Gasteiger partial charge in [0.05, 0.1) is 12.2 Å². The molecule has 1 heterocycles. The van der Waals surface area contributed by atoms with Crippen LogP contribution in [0.4, 0.5) is 17.6 Å². The summed E-state index contributed by atoms with van der Waals surface area (Å²) in [5, 5.41) is 0. The van der Waals surface area contributed by atoms with Crippen molar-refractivity contribution >= 4 is 0 Å². The molecule has 0 aromatic carbocycles. The number of rotatable bonds is 0. The molecule has 2 atom stereocenters. The first-order valence-electron chi connectivity index (χ1n) is 5.11. The molecular weight excluding hydrogens is 228 g/mol. The number of ether oxygens (including phenoxy) is 2. The van der Waals surface area contributed by atoms with Gasteiger partial charge in [-0.25, -0.2) is 0 Å². The summed E-state index contributed by atoms with van der Waals surface area (Å²) in [6.45, 7) is 1.78. The summed E-state index contributed by atoms with van der Waals surface area (Å²) in [6, 6.07) is 0. The summed E-state index contributed by atoms with van der Waals surface area (Å²) >= 11 is 0. The van der Waals surface area contributed by atoms with Crippen LogP contribution in [0.3, 0.4) is 0 Å². The molecule has 0 aromatic rings. The normalized spacial score (nSPS) is 39.4. The number of halogens is 4. The van der Waals surface area contributed by atoms with Gasteiger partial charge in [-0.3, -0.25) is 0 Å². The van der Waals surface area contributed by atoms with Gasteiger partial charge in [0.1, 0.15) is 0 Å². The van der Waals surface area contributed by atoms with Crippen molar-refractivity contribution in [1.29, 1.82) is 0 Å². The maximum atomic E-state index is 12.9. The van der Waals surface area contributed by atoms with E-state index in [4.69, 9.17) is 0 Å². The Morgan fingerprint density at radius 3 is 2.25 bits per heavy atom. The average Bonchev–Trinajstić information content (AvgIpc) is 2.18. The molecule has 92 valence electrons. The summed E-state index contributed by atoms with van der Waals surface area (Å²) in [4.78, 5) is 0. The molecule has 0 radical (unpaired) electrons. The number of hydrogen-bond acceptors (Lipinski definition) is 2. The van der Waals surface area contributed by atoms with Crippen molar-refractivity contribution in [2.45, 2.75) is 50.6 Å².